The summed E-state index contributed by atoms with van der Waals surface area (Å²) in [5.41, 5.74) is 2.11. The van der Waals surface area contributed by atoms with Crippen LogP contribution in [0.4, 0.5) is 5.69 Å². The predicted molar refractivity (Wildman–Crippen MR) is 148 cm³/mol. The van der Waals surface area contributed by atoms with Gasteiger partial charge >= 0.3 is 5.97 Å². The van der Waals surface area contributed by atoms with Crippen LogP contribution in [0.3, 0.4) is 0 Å². The molecule has 0 bridgehead atoms. The number of amides is 1. The number of ether oxygens (including phenoxy) is 2. The summed E-state index contributed by atoms with van der Waals surface area (Å²) in [5.74, 6) is -1.75. The van der Waals surface area contributed by atoms with E-state index >= 15 is 0 Å². The summed E-state index contributed by atoms with van der Waals surface area (Å²) < 4.78 is 10.8. The van der Waals surface area contributed by atoms with Crippen molar-refractivity contribution in [3.63, 3.8) is 0 Å². The molecule has 0 radical (unpaired) electrons. The highest BCUT2D eigenvalue weighted by atomic mass is 16.5. The molecule has 2 aromatic carbocycles. The Morgan fingerprint density at radius 1 is 1.03 bits per heavy atom. The molecule has 0 saturated carbocycles. The smallest absolute Gasteiger partial charge is 0.338 e. The molecule has 1 aliphatic heterocycles. The molecule has 8 heteroatoms. The normalized spacial score (nSPS) is 17.0. The lowest BCUT2D eigenvalue weighted by Gasteiger charge is -2.26. The Morgan fingerprint density at radius 3 is 2.26 bits per heavy atom. The van der Waals surface area contributed by atoms with Crippen molar-refractivity contribution < 1.29 is 29.0 Å². The second-order valence-electron chi connectivity index (χ2n) is 10.6. The van der Waals surface area contributed by atoms with E-state index in [9.17, 15) is 19.5 Å². The second kappa shape index (κ2) is 10.7. The summed E-state index contributed by atoms with van der Waals surface area (Å²) in [7, 11) is 1.58. The summed E-state index contributed by atoms with van der Waals surface area (Å²) >= 11 is 0. The molecule has 0 aliphatic carbocycles. The number of aliphatic hydroxyl groups excluding tert-OH is 1. The molecule has 1 aromatic heterocycles. The Kier molecular flexibility index (Phi) is 7.58. The highest BCUT2D eigenvalue weighted by molar-refractivity contribution is 6.51. The topological polar surface area (TPSA) is 106 Å². The monoisotopic (exact) mass is 528 g/mol. The van der Waals surface area contributed by atoms with E-state index in [2.05, 4.69) is 4.98 Å². The lowest BCUT2D eigenvalue weighted by atomic mass is 9.84. The molecule has 2 heterocycles. The minimum absolute atomic E-state index is 0.0543. The predicted octanol–water partition coefficient (Wildman–Crippen LogP) is 5.58. The molecule has 4 rings (SSSR count). The maximum atomic E-state index is 13.5. The van der Waals surface area contributed by atoms with Gasteiger partial charge in [0, 0.05) is 29.2 Å². The largest absolute Gasteiger partial charge is 0.507 e. The number of aliphatic hydroxyl groups is 1. The van der Waals surface area contributed by atoms with E-state index in [4.69, 9.17) is 9.47 Å². The lowest BCUT2D eigenvalue weighted by Crippen LogP contribution is -2.29. The fourth-order valence-electron chi connectivity index (χ4n) is 4.59. The van der Waals surface area contributed by atoms with Gasteiger partial charge in [0.05, 0.1) is 30.4 Å². The molecule has 1 N–H and O–H groups in total. The van der Waals surface area contributed by atoms with Crippen LogP contribution < -0.4 is 9.64 Å². The highest BCUT2D eigenvalue weighted by Gasteiger charge is 2.47. The molecule has 1 unspecified atom stereocenters. The number of carbonyl (C=O) groups is 3. The number of aromatic nitrogens is 1. The van der Waals surface area contributed by atoms with Gasteiger partial charge in [-0.25, -0.2) is 4.79 Å². The number of ketones is 1. The van der Waals surface area contributed by atoms with Gasteiger partial charge in [0.1, 0.15) is 11.5 Å². The van der Waals surface area contributed by atoms with Crippen LogP contribution in [0.5, 0.6) is 5.75 Å². The van der Waals surface area contributed by atoms with Gasteiger partial charge in [0.2, 0.25) is 0 Å². The zero-order chi connectivity index (χ0) is 28.5. The first-order valence-electron chi connectivity index (χ1n) is 12.6. The van der Waals surface area contributed by atoms with Crippen LogP contribution in [0, 0.1) is 0 Å². The Balaban J connectivity index is 1.86. The molecule has 8 nitrogen and oxygen atoms in total. The standard InChI is InChI=1S/C31H32N2O6/c1-18(2)39-30(37)19-9-12-22(13-10-19)33-26(21-8-7-15-32-17-21)25(28(35)29(33)36)27(34)20-11-14-24(38-6)23(16-20)31(3,4)5/h7-18,26,34H,1-6H3/b27-25-. The summed E-state index contributed by atoms with van der Waals surface area (Å²) in [4.78, 5) is 44.7. The van der Waals surface area contributed by atoms with Gasteiger partial charge < -0.3 is 14.6 Å². The zero-order valence-electron chi connectivity index (χ0n) is 22.9. The van der Waals surface area contributed by atoms with Crippen LogP contribution in [0.1, 0.15) is 67.7 Å². The minimum Gasteiger partial charge on any atom is -0.507 e. The Morgan fingerprint density at radius 2 is 1.69 bits per heavy atom. The van der Waals surface area contributed by atoms with Gasteiger partial charge in [-0.05, 0) is 73.4 Å². The second-order valence-corrected chi connectivity index (χ2v) is 10.6. The number of esters is 1. The third-order valence-corrected chi connectivity index (χ3v) is 6.45. The number of hydrogen-bond donors (Lipinski definition) is 1. The summed E-state index contributed by atoms with van der Waals surface area (Å²) in [6.45, 7) is 9.57. The SMILES string of the molecule is COc1ccc(/C(O)=C2/C(=O)C(=O)N(c3ccc(C(=O)OC(C)C)cc3)C2c2cccnc2)cc1C(C)(C)C. The first kappa shape index (κ1) is 27.6. The van der Waals surface area contributed by atoms with E-state index in [0.29, 0.717) is 28.1 Å². The molecule has 1 aliphatic rings. The molecule has 202 valence electrons. The van der Waals surface area contributed by atoms with E-state index in [1.165, 1.54) is 4.90 Å². The van der Waals surface area contributed by atoms with Gasteiger partial charge in [-0.3, -0.25) is 19.5 Å². The highest BCUT2D eigenvalue weighted by Crippen LogP contribution is 2.43. The van der Waals surface area contributed by atoms with Crippen LogP contribution in [0.2, 0.25) is 0 Å². The third kappa shape index (κ3) is 5.41. The number of rotatable bonds is 6. The molecule has 3 aromatic rings. The number of carbonyl (C=O) groups excluding carboxylic acids is 3. The molecule has 0 spiro atoms. The van der Waals surface area contributed by atoms with Crippen molar-refractivity contribution in [3.8, 4) is 5.75 Å². The molecule has 1 amide bonds. The Bertz CT molecular complexity index is 1440. The summed E-state index contributed by atoms with van der Waals surface area (Å²) in [5, 5.41) is 11.5. The number of benzene rings is 2. The average molecular weight is 529 g/mol. The van der Waals surface area contributed by atoms with Gasteiger partial charge in [-0.1, -0.05) is 26.8 Å². The van der Waals surface area contributed by atoms with Gasteiger partial charge in [-0.2, -0.15) is 0 Å². The van der Waals surface area contributed by atoms with Crippen LogP contribution in [0.15, 0.2) is 72.6 Å². The van der Waals surface area contributed by atoms with Gasteiger partial charge in [0.15, 0.2) is 0 Å². The average Bonchev–Trinajstić information content (AvgIpc) is 3.17. The van der Waals surface area contributed by atoms with E-state index in [-0.39, 0.29) is 22.9 Å². The maximum absolute atomic E-state index is 13.5. The Hall–Kier alpha value is -4.46. The molecular formula is C31H32N2O6. The van der Waals surface area contributed by atoms with Crippen molar-refractivity contribution in [2.45, 2.75) is 52.2 Å². The van der Waals surface area contributed by atoms with Crippen molar-refractivity contribution in [1.82, 2.24) is 4.98 Å². The Labute approximate surface area is 227 Å². The molecule has 1 atom stereocenters. The molecule has 1 fully saturated rings. The lowest BCUT2D eigenvalue weighted by molar-refractivity contribution is -0.132. The zero-order valence-corrected chi connectivity index (χ0v) is 22.9. The number of Topliss-reactive ketones (excluding diaryl/α,β-unsaturated/α-hetero) is 1. The van der Waals surface area contributed by atoms with Crippen molar-refractivity contribution in [2.24, 2.45) is 0 Å². The van der Waals surface area contributed by atoms with E-state index in [1.54, 1.807) is 87.9 Å². The fraction of sp³-hybridized carbons (Fsp3) is 0.290. The number of anilines is 1. The van der Waals surface area contributed by atoms with Crippen molar-refractivity contribution in [3.05, 3.63) is 94.8 Å². The number of nitrogens with zero attached hydrogens (tertiary/aromatic N) is 2. The summed E-state index contributed by atoms with van der Waals surface area (Å²) in [6, 6.07) is 13.9. The van der Waals surface area contributed by atoms with Crippen LogP contribution in [0.25, 0.3) is 5.76 Å². The molecule has 1 saturated heterocycles. The van der Waals surface area contributed by atoms with Crippen molar-refractivity contribution in [1.29, 1.82) is 0 Å². The molecular weight excluding hydrogens is 496 g/mol. The third-order valence-electron chi connectivity index (χ3n) is 6.45. The quantitative estimate of drug-likeness (QED) is 0.193. The van der Waals surface area contributed by atoms with E-state index in [1.807, 2.05) is 20.8 Å². The fourth-order valence-corrected chi connectivity index (χ4v) is 4.59. The minimum atomic E-state index is -0.938. The van der Waals surface area contributed by atoms with Gasteiger partial charge in [0.25, 0.3) is 11.7 Å². The first-order valence-corrected chi connectivity index (χ1v) is 12.6. The summed E-state index contributed by atoms with van der Waals surface area (Å²) in [6.07, 6.45) is 2.86. The van der Waals surface area contributed by atoms with Crippen molar-refractivity contribution in [2.75, 3.05) is 12.0 Å². The number of hydrogen-bond acceptors (Lipinski definition) is 7. The van der Waals surface area contributed by atoms with Crippen LogP contribution in [-0.4, -0.2) is 41.0 Å². The van der Waals surface area contributed by atoms with Crippen LogP contribution in [-0.2, 0) is 19.7 Å². The first-order chi connectivity index (χ1) is 18.4. The number of methoxy groups -OCH3 is 1. The van der Waals surface area contributed by atoms with Crippen LogP contribution >= 0.6 is 0 Å². The van der Waals surface area contributed by atoms with Crippen molar-refractivity contribution >= 4 is 29.1 Å². The number of pyridine rings is 1. The van der Waals surface area contributed by atoms with E-state index < -0.39 is 23.7 Å². The molecule has 39 heavy (non-hydrogen) atoms. The van der Waals surface area contributed by atoms with Gasteiger partial charge in [-0.15, -0.1) is 0 Å². The maximum Gasteiger partial charge on any atom is 0.338 e. The van der Waals surface area contributed by atoms with E-state index in [0.717, 1.165) is 5.56 Å².